The summed E-state index contributed by atoms with van der Waals surface area (Å²) in [6.07, 6.45) is 0. The molecule has 0 aromatic heterocycles. The van der Waals surface area contributed by atoms with Crippen molar-refractivity contribution in [3.05, 3.63) is 58.4 Å². The van der Waals surface area contributed by atoms with E-state index in [0.29, 0.717) is 22.5 Å². The number of rotatable bonds is 2. The van der Waals surface area contributed by atoms with Crippen molar-refractivity contribution in [3.8, 4) is 0 Å². The van der Waals surface area contributed by atoms with Crippen LogP contribution in [0.1, 0.15) is 27.0 Å². The largest absolute Gasteiger partial charge is 0.397 e. The minimum atomic E-state index is -0.327. The second-order valence-electron chi connectivity index (χ2n) is 4.94. The van der Waals surface area contributed by atoms with Crippen LogP contribution < -0.4 is 11.1 Å². The van der Waals surface area contributed by atoms with Crippen LogP contribution in [0.25, 0.3) is 0 Å². The molecule has 0 spiro atoms. The summed E-state index contributed by atoms with van der Waals surface area (Å²) in [5.74, 6) is -0.629. The predicted molar refractivity (Wildman–Crippen MR) is 79.4 cm³/mol. The van der Waals surface area contributed by atoms with Crippen molar-refractivity contribution in [1.29, 1.82) is 0 Å². The minimum Gasteiger partial charge on any atom is -0.397 e. The zero-order valence-electron chi connectivity index (χ0n) is 11.8. The zero-order chi connectivity index (χ0) is 14.9. The molecule has 20 heavy (non-hydrogen) atoms. The van der Waals surface area contributed by atoms with E-state index in [1.807, 2.05) is 26.0 Å². The molecule has 2 aromatic rings. The van der Waals surface area contributed by atoms with Gasteiger partial charge in [0.25, 0.3) is 5.91 Å². The molecular weight excluding hydrogens is 255 g/mol. The van der Waals surface area contributed by atoms with Crippen molar-refractivity contribution in [2.75, 3.05) is 11.1 Å². The number of hydrogen-bond donors (Lipinski definition) is 2. The summed E-state index contributed by atoms with van der Waals surface area (Å²) in [4.78, 5) is 12.1. The van der Waals surface area contributed by atoms with Gasteiger partial charge in [-0.1, -0.05) is 0 Å². The van der Waals surface area contributed by atoms with Crippen molar-refractivity contribution in [2.45, 2.75) is 20.8 Å². The van der Waals surface area contributed by atoms with Crippen molar-refractivity contribution in [2.24, 2.45) is 0 Å². The van der Waals surface area contributed by atoms with Gasteiger partial charge in [-0.3, -0.25) is 4.79 Å². The Hall–Kier alpha value is -2.36. The molecule has 2 aromatic carbocycles. The Bertz CT molecular complexity index is 680. The number of carbonyl (C=O) groups excluding carboxylic acids is 1. The Labute approximate surface area is 117 Å². The second kappa shape index (κ2) is 5.33. The van der Waals surface area contributed by atoms with Gasteiger partial charge in [0.05, 0.1) is 11.4 Å². The van der Waals surface area contributed by atoms with Crippen LogP contribution in [-0.2, 0) is 0 Å². The van der Waals surface area contributed by atoms with Crippen LogP contribution in [0.15, 0.2) is 30.3 Å². The summed E-state index contributed by atoms with van der Waals surface area (Å²) < 4.78 is 13.2. The standard InChI is InChI=1S/C16H17FN2O/c1-9-7-14(18)15(8-10(9)2)19-16(20)12-4-5-13(17)11(3)6-12/h4-8H,18H2,1-3H3,(H,19,20). The highest BCUT2D eigenvalue weighted by Gasteiger charge is 2.10. The first-order valence-corrected chi connectivity index (χ1v) is 6.32. The summed E-state index contributed by atoms with van der Waals surface area (Å²) in [5, 5.41) is 2.75. The maximum atomic E-state index is 13.2. The molecule has 1 amide bonds. The first-order chi connectivity index (χ1) is 9.38. The third-order valence-electron chi connectivity index (χ3n) is 3.33. The van der Waals surface area contributed by atoms with Gasteiger partial charge in [-0.2, -0.15) is 0 Å². The van der Waals surface area contributed by atoms with E-state index in [0.717, 1.165) is 11.1 Å². The van der Waals surface area contributed by atoms with Crippen LogP contribution in [0.5, 0.6) is 0 Å². The van der Waals surface area contributed by atoms with E-state index in [4.69, 9.17) is 5.73 Å². The van der Waals surface area contributed by atoms with Crippen LogP contribution in [0.4, 0.5) is 15.8 Å². The molecular formula is C16H17FN2O. The maximum absolute atomic E-state index is 13.2. The summed E-state index contributed by atoms with van der Waals surface area (Å²) in [6, 6.07) is 7.91. The number of nitrogens with two attached hydrogens (primary N) is 1. The molecule has 0 heterocycles. The van der Waals surface area contributed by atoms with Gasteiger partial charge in [-0.15, -0.1) is 0 Å². The van der Waals surface area contributed by atoms with Crippen LogP contribution in [-0.4, -0.2) is 5.91 Å². The molecule has 0 aliphatic heterocycles. The number of amides is 1. The SMILES string of the molecule is Cc1cc(N)c(NC(=O)c2ccc(F)c(C)c2)cc1C. The Morgan fingerprint density at radius 1 is 1.05 bits per heavy atom. The zero-order valence-corrected chi connectivity index (χ0v) is 11.8. The van der Waals surface area contributed by atoms with Crippen molar-refractivity contribution >= 4 is 17.3 Å². The summed E-state index contributed by atoms with van der Waals surface area (Å²) in [7, 11) is 0. The Morgan fingerprint density at radius 3 is 2.35 bits per heavy atom. The average molecular weight is 272 g/mol. The molecule has 0 fully saturated rings. The number of hydrogen-bond acceptors (Lipinski definition) is 2. The van der Waals surface area contributed by atoms with Crippen molar-refractivity contribution < 1.29 is 9.18 Å². The normalized spacial score (nSPS) is 10.4. The lowest BCUT2D eigenvalue weighted by Gasteiger charge is -2.11. The smallest absolute Gasteiger partial charge is 0.255 e. The molecule has 0 radical (unpaired) electrons. The first kappa shape index (κ1) is 14.1. The quantitative estimate of drug-likeness (QED) is 0.821. The Morgan fingerprint density at radius 2 is 1.70 bits per heavy atom. The predicted octanol–water partition coefficient (Wildman–Crippen LogP) is 3.59. The second-order valence-corrected chi connectivity index (χ2v) is 4.94. The van der Waals surface area contributed by atoms with Crippen LogP contribution >= 0.6 is 0 Å². The molecule has 4 heteroatoms. The van der Waals surface area contributed by atoms with Gasteiger partial charge in [0, 0.05) is 5.56 Å². The molecule has 0 saturated heterocycles. The van der Waals surface area contributed by atoms with Gasteiger partial charge in [0.1, 0.15) is 5.82 Å². The van der Waals surface area contributed by atoms with Crippen LogP contribution in [0.2, 0.25) is 0 Å². The molecule has 0 unspecified atom stereocenters. The number of nitrogen functional groups attached to an aromatic ring is 1. The van der Waals surface area contributed by atoms with E-state index in [1.54, 1.807) is 6.92 Å². The summed E-state index contributed by atoms with van der Waals surface area (Å²) >= 11 is 0. The number of aryl methyl sites for hydroxylation is 3. The highest BCUT2D eigenvalue weighted by Crippen LogP contribution is 2.23. The number of benzene rings is 2. The molecule has 3 nitrogen and oxygen atoms in total. The van der Waals surface area contributed by atoms with Gasteiger partial charge in [-0.05, 0) is 67.8 Å². The van der Waals surface area contributed by atoms with Gasteiger partial charge in [0.2, 0.25) is 0 Å². The Kier molecular flexibility index (Phi) is 3.74. The molecule has 0 atom stereocenters. The number of carbonyl (C=O) groups is 1. The molecule has 0 aliphatic carbocycles. The summed E-state index contributed by atoms with van der Waals surface area (Å²) in [6.45, 7) is 5.53. The minimum absolute atomic E-state index is 0.303. The highest BCUT2D eigenvalue weighted by atomic mass is 19.1. The molecule has 0 aliphatic rings. The van der Waals surface area contributed by atoms with Gasteiger partial charge < -0.3 is 11.1 Å². The lowest BCUT2D eigenvalue weighted by Crippen LogP contribution is -2.14. The third kappa shape index (κ3) is 2.79. The van der Waals surface area contributed by atoms with Gasteiger partial charge >= 0.3 is 0 Å². The average Bonchev–Trinajstić information content (AvgIpc) is 2.39. The molecule has 0 saturated carbocycles. The number of nitrogens with one attached hydrogen (secondary N) is 1. The van der Waals surface area contributed by atoms with E-state index in [-0.39, 0.29) is 11.7 Å². The molecule has 104 valence electrons. The summed E-state index contributed by atoms with van der Waals surface area (Å²) in [5.41, 5.74) is 9.93. The van der Waals surface area contributed by atoms with Crippen LogP contribution in [0, 0.1) is 26.6 Å². The Balaban J connectivity index is 2.27. The molecule has 3 N–H and O–H groups in total. The van der Waals surface area contributed by atoms with E-state index < -0.39 is 0 Å². The lowest BCUT2D eigenvalue weighted by atomic mass is 10.1. The fraction of sp³-hybridized carbons (Fsp3) is 0.188. The maximum Gasteiger partial charge on any atom is 0.255 e. The third-order valence-corrected chi connectivity index (χ3v) is 3.33. The van der Waals surface area contributed by atoms with Gasteiger partial charge in [-0.25, -0.2) is 4.39 Å². The van der Waals surface area contributed by atoms with Crippen molar-refractivity contribution in [3.63, 3.8) is 0 Å². The van der Waals surface area contributed by atoms with Crippen LogP contribution in [0.3, 0.4) is 0 Å². The van der Waals surface area contributed by atoms with E-state index in [1.165, 1.54) is 18.2 Å². The first-order valence-electron chi connectivity index (χ1n) is 6.32. The van der Waals surface area contributed by atoms with E-state index >= 15 is 0 Å². The van der Waals surface area contributed by atoms with E-state index in [2.05, 4.69) is 5.32 Å². The van der Waals surface area contributed by atoms with E-state index in [9.17, 15) is 9.18 Å². The fourth-order valence-electron chi connectivity index (χ4n) is 1.93. The highest BCUT2D eigenvalue weighted by molar-refractivity contribution is 6.05. The number of anilines is 2. The number of halogens is 1. The molecule has 0 bridgehead atoms. The fourth-order valence-corrected chi connectivity index (χ4v) is 1.93. The molecule has 2 rings (SSSR count). The van der Waals surface area contributed by atoms with Crippen molar-refractivity contribution in [1.82, 2.24) is 0 Å². The lowest BCUT2D eigenvalue weighted by molar-refractivity contribution is 0.102. The van der Waals surface area contributed by atoms with Gasteiger partial charge in [0.15, 0.2) is 0 Å². The monoisotopic (exact) mass is 272 g/mol. The topological polar surface area (TPSA) is 55.1 Å².